The van der Waals surface area contributed by atoms with Crippen molar-refractivity contribution in [3.8, 4) is 17.2 Å². The van der Waals surface area contributed by atoms with E-state index in [2.05, 4.69) is 5.32 Å². The number of hydrogen-bond donors (Lipinski definition) is 2. The maximum Gasteiger partial charge on any atom is 0.251 e. The van der Waals surface area contributed by atoms with Crippen molar-refractivity contribution in [1.82, 2.24) is 5.32 Å². The number of primary amides is 1. The third-order valence-electron chi connectivity index (χ3n) is 3.83. The molecule has 2 amide bonds. The second-order valence-electron chi connectivity index (χ2n) is 5.64. The minimum absolute atomic E-state index is 0.140. The van der Waals surface area contributed by atoms with Gasteiger partial charge in [-0.15, -0.1) is 0 Å². The maximum atomic E-state index is 12.3. The summed E-state index contributed by atoms with van der Waals surface area (Å²) in [5.41, 5.74) is 7.82. The number of nitrogens with one attached hydrogen (secondary N) is 1. The van der Waals surface area contributed by atoms with E-state index in [4.69, 9.17) is 11.0 Å². The standard InChI is InChI=1S/C19H19N3O2/c1-13(11-12-20)17(18(21)23)22-19(24)16-9-7-15(8-10-16)14-5-3-2-4-6-14/h2-10,13,17H,11H2,1H3,(H2,21,23)(H,22,24)/t13-,17+/m0/s1. The predicted octanol–water partition coefficient (Wildman–Crippen LogP) is 2.49. The Balaban J connectivity index is 2.12. The second kappa shape index (κ2) is 7.93. The Hall–Kier alpha value is -3.13. The van der Waals surface area contributed by atoms with Crippen molar-refractivity contribution in [1.29, 1.82) is 5.26 Å². The van der Waals surface area contributed by atoms with Crippen LogP contribution in [-0.2, 0) is 4.79 Å². The third-order valence-corrected chi connectivity index (χ3v) is 3.83. The lowest BCUT2D eigenvalue weighted by Gasteiger charge is -2.20. The highest BCUT2D eigenvalue weighted by molar-refractivity contribution is 5.97. The fourth-order valence-corrected chi connectivity index (χ4v) is 2.42. The van der Waals surface area contributed by atoms with Crippen LogP contribution in [0.4, 0.5) is 0 Å². The van der Waals surface area contributed by atoms with Gasteiger partial charge in [0.05, 0.1) is 6.07 Å². The van der Waals surface area contributed by atoms with Gasteiger partial charge in [0.2, 0.25) is 5.91 Å². The van der Waals surface area contributed by atoms with Crippen LogP contribution in [0.3, 0.4) is 0 Å². The van der Waals surface area contributed by atoms with Crippen LogP contribution < -0.4 is 11.1 Å². The largest absolute Gasteiger partial charge is 0.368 e. The number of rotatable bonds is 6. The van der Waals surface area contributed by atoms with Crippen molar-refractivity contribution in [2.24, 2.45) is 11.7 Å². The Bertz CT molecular complexity index is 748. The highest BCUT2D eigenvalue weighted by Gasteiger charge is 2.25. The van der Waals surface area contributed by atoms with Crippen LogP contribution in [0.1, 0.15) is 23.7 Å². The molecule has 24 heavy (non-hydrogen) atoms. The molecule has 0 saturated heterocycles. The molecule has 0 aromatic heterocycles. The lowest BCUT2D eigenvalue weighted by atomic mass is 9.97. The molecule has 0 fully saturated rings. The van der Waals surface area contributed by atoms with Gasteiger partial charge in [0.25, 0.3) is 5.91 Å². The zero-order valence-corrected chi connectivity index (χ0v) is 13.4. The Morgan fingerprint density at radius 2 is 1.67 bits per heavy atom. The summed E-state index contributed by atoms with van der Waals surface area (Å²) in [5.74, 6) is -1.38. The predicted molar refractivity (Wildman–Crippen MR) is 91.7 cm³/mol. The fourth-order valence-electron chi connectivity index (χ4n) is 2.42. The first-order chi connectivity index (χ1) is 11.5. The molecule has 5 nitrogen and oxygen atoms in total. The van der Waals surface area contributed by atoms with Crippen molar-refractivity contribution in [2.45, 2.75) is 19.4 Å². The van der Waals surface area contributed by atoms with Gasteiger partial charge in [-0.3, -0.25) is 9.59 Å². The van der Waals surface area contributed by atoms with E-state index < -0.39 is 11.9 Å². The first kappa shape index (κ1) is 17.2. The van der Waals surface area contributed by atoms with E-state index in [1.54, 1.807) is 19.1 Å². The first-order valence-electron chi connectivity index (χ1n) is 7.65. The van der Waals surface area contributed by atoms with Crippen LogP contribution in [0, 0.1) is 17.2 Å². The third kappa shape index (κ3) is 4.20. The van der Waals surface area contributed by atoms with Gasteiger partial charge in [-0.1, -0.05) is 49.4 Å². The Labute approximate surface area is 141 Å². The highest BCUT2D eigenvalue weighted by Crippen LogP contribution is 2.19. The highest BCUT2D eigenvalue weighted by atomic mass is 16.2. The summed E-state index contributed by atoms with van der Waals surface area (Å²) in [6.07, 6.45) is 0.140. The van der Waals surface area contributed by atoms with Crippen LogP contribution in [-0.4, -0.2) is 17.9 Å². The number of hydrogen-bond acceptors (Lipinski definition) is 3. The Kier molecular flexibility index (Phi) is 5.69. The van der Waals surface area contributed by atoms with Crippen molar-refractivity contribution < 1.29 is 9.59 Å². The monoisotopic (exact) mass is 321 g/mol. The van der Waals surface area contributed by atoms with Crippen molar-refractivity contribution in [3.63, 3.8) is 0 Å². The van der Waals surface area contributed by atoms with Gasteiger partial charge >= 0.3 is 0 Å². The normalized spacial score (nSPS) is 12.7. The van der Waals surface area contributed by atoms with E-state index in [0.717, 1.165) is 11.1 Å². The fraction of sp³-hybridized carbons (Fsp3) is 0.211. The summed E-state index contributed by atoms with van der Waals surface area (Å²) < 4.78 is 0. The number of carbonyl (C=O) groups is 2. The van der Waals surface area contributed by atoms with Crippen molar-refractivity contribution in [3.05, 3.63) is 60.2 Å². The lowest BCUT2D eigenvalue weighted by molar-refractivity contribution is -0.120. The minimum Gasteiger partial charge on any atom is -0.368 e. The second-order valence-corrected chi connectivity index (χ2v) is 5.64. The molecule has 2 aromatic carbocycles. The molecule has 0 aliphatic rings. The molecule has 0 spiro atoms. The van der Waals surface area contributed by atoms with Crippen LogP contribution in [0.25, 0.3) is 11.1 Å². The van der Waals surface area contributed by atoms with Crippen LogP contribution >= 0.6 is 0 Å². The molecule has 0 aliphatic carbocycles. The molecule has 2 rings (SSSR count). The molecule has 0 radical (unpaired) electrons. The Morgan fingerprint density at radius 1 is 1.08 bits per heavy atom. The lowest BCUT2D eigenvalue weighted by Crippen LogP contribution is -2.48. The van der Waals surface area contributed by atoms with Crippen LogP contribution in [0.5, 0.6) is 0 Å². The molecule has 2 atom stereocenters. The maximum absolute atomic E-state index is 12.3. The summed E-state index contributed by atoms with van der Waals surface area (Å²) in [5, 5.41) is 11.4. The van der Waals surface area contributed by atoms with E-state index in [0.29, 0.717) is 5.56 Å². The molecule has 122 valence electrons. The average molecular weight is 321 g/mol. The Morgan fingerprint density at radius 3 is 2.21 bits per heavy atom. The number of nitriles is 1. The molecule has 0 aliphatic heterocycles. The topological polar surface area (TPSA) is 96.0 Å². The van der Waals surface area contributed by atoms with E-state index in [1.807, 2.05) is 48.5 Å². The SMILES string of the molecule is C[C@@H](CC#N)[C@@H](NC(=O)c1ccc(-c2ccccc2)cc1)C(N)=O. The summed E-state index contributed by atoms with van der Waals surface area (Å²) in [6, 6.07) is 18.0. The number of amides is 2. The minimum atomic E-state index is -0.869. The molecule has 0 unspecified atom stereocenters. The molecule has 0 bridgehead atoms. The summed E-state index contributed by atoms with van der Waals surface area (Å²) in [4.78, 5) is 23.8. The van der Waals surface area contributed by atoms with Crippen LogP contribution in [0.15, 0.2) is 54.6 Å². The summed E-state index contributed by atoms with van der Waals surface area (Å²) >= 11 is 0. The zero-order chi connectivity index (χ0) is 17.5. The van der Waals surface area contributed by atoms with Gasteiger partial charge in [0, 0.05) is 12.0 Å². The molecule has 0 saturated carbocycles. The van der Waals surface area contributed by atoms with E-state index >= 15 is 0 Å². The first-order valence-corrected chi connectivity index (χ1v) is 7.65. The van der Waals surface area contributed by atoms with Crippen LogP contribution in [0.2, 0.25) is 0 Å². The van der Waals surface area contributed by atoms with Gasteiger partial charge in [-0.05, 0) is 29.2 Å². The number of nitrogens with zero attached hydrogens (tertiary/aromatic N) is 1. The molecule has 0 heterocycles. The van der Waals surface area contributed by atoms with Gasteiger partial charge in [0.15, 0.2) is 0 Å². The summed E-state index contributed by atoms with van der Waals surface area (Å²) in [6.45, 7) is 1.71. The van der Waals surface area contributed by atoms with Gasteiger partial charge in [0.1, 0.15) is 6.04 Å². The molecule has 3 N–H and O–H groups in total. The smallest absolute Gasteiger partial charge is 0.251 e. The molecule has 2 aromatic rings. The van der Waals surface area contributed by atoms with E-state index in [1.165, 1.54) is 0 Å². The molecule has 5 heteroatoms. The molecular weight excluding hydrogens is 302 g/mol. The zero-order valence-electron chi connectivity index (χ0n) is 13.4. The van der Waals surface area contributed by atoms with Gasteiger partial charge in [-0.2, -0.15) is 5.26 Å². The molecular formula is C19H19N3O2. The van der Waals surface area contributed by atoms with E-state index in [9.17, 15) is 9.59 Å². The quantitative estimate of drug-likeness (QED) is 0.855. The summed E-state index contributed by atoms with van der Waals surface area (Å²) in [7, 11) is 0. The number of carbonyl (C=O) groups excluding carboxylic acids is 2. The number of benzene rings is 2. The van der Waals surface area contributed by atoms with Crippen molar-refractivity contribution in [2.75, 3.05) is 0 Å². The number of nitrogens with two attached hydrogens (primary N) is 1. The van der Waals surface area contributed by atoms with Crippen molar-refractivity contribution >= 4 is 11.8 Å². The van der Waals surface area contributed by atoms with Gasteiger partial charge < -0.3 is 11.1 Å². The van der Waals surface area contributed by atoms with E-state index in [-0.39, 0.29) is 18.2 Å². The van der Waals surface area contributed by atoms with Gasteiger partial charge in [-0.25, -0.2) is 0 Å². The average Bonchev–Trinajstić information content (AvgIpc) is 2.60.